The van der Waals surface area contributed by atoms with Gasteiger partial charge in [-0.15, -0.1) is 0 Å². The summed E-state index contributed by atoms with van der Waals surface area (Å²) in [7, 11) is -0.479. The number of hydrogen-bond donors (Lipinski definition) is 2. The maximum absolute atomic E-state index is 12.3. The third kappa shape index (κ3) is 6.33. The van der Waals surface area contributed by atoms with Crippen molar-refractivity contribution in [2.24, 2.45) is 0 Å². The van der Waals surface area contributed by atoms with Crippen molar-refractivity contribution in [1.29, 1.82) is 0 Å². The summed E-state index contributed by atoms with van der Waals surface area (Å²) in [6.45, 7) is 3.71. The molecule has 2 N–H and O–H groups in total. The fourth-order valence-corrected chi connectivity index (χ4v) is 3.77. The zero-order valence-electron chi connectivity index (χ0n) is 16.9. The molecular weight excluding hydrogens is 392 g/mol. The van der Waals surface area contributed by atoms with Crippen LogP contribution in [-0.2, 0) is 14.8 Å². The number of anilines is 1. The van der Waals surface area contributed by atoms with Gasteiger partial charge in [-0.3, -0.25) is 4.79 Å². The second kappa shape index (κ2) is 10.1. The molecule has 0 bridgehead atoms. The van der Waals surface area contributed by atoms with Gasteiger partial charge in [0.15, 0.2) is 11.5 Å². The third-order valence-corrected chi connectivity index (χ3v) is 5.84. The van der Waals surface area contributed by atoms with Crippen LogP contribution in [0.15, 0.2) is 53.4 Å². The van der Waals surface area contributed by atoms with E-state index in [1.165, 1.54) is 18.2 Å². The summed E-state index contributed by atoms with van der Waals surface area (Å²) in [5.41, 5.74) is 1.27. The van der Waals surface area contributed by atoms with Crippen LogP contribution in [0.25, 0.3) is 6.08 Å². The van der Waals surface area contributed by atoms with Gasteiger partial charge in [0.1, 0.15) is 0 Å². The molecule has 2 rings (SSSR count). The van der Waals surface area contributed by atoms with Gasteiger partial charge < -0.3 is 14.8 Å². The van der Waals surface area contributed by atoms with Gasteiger partial charge in [-0.05, 0) is 61.4 Å². The summed E-state index contributed by atoms with van der Waals surface area (Å²) < 4.78 is 37.5. The molecule has 1 atom stereocenters. The van der Waals surface area contributed by atoms with Crippen LogP contribution >= 0.6 is 0 Å². The average molecular weight is 419 g/mol. The lowest BCUT2D eigenvalue weighted by molar-refractivity contribution is -0.111. The van der Waals surface area contributed by atoms with Crippen LogP contribution in [0.5, 0.6) is 11.5 Å². The molecule has 0 aliphatic carbocycles. The SMILES string of the molecule is CC[C@@H](C)NS(=O)(=O)c1ccc(NC(=O)/C=C/c2ccc(OC)c(OC)c2)cc1. The van der Waals surface area contributed by atoms with Crippen molar-refractivity contribution < 1.29 is 22.7 Å². The summed E-state index contributed by atoms with van der Waals surface area (Å²) in [5, 5.41) is 2.70. The standard InChI is InChI=1S/C21H26N2O5S/c1-5-15(2)23-29(25,26)18-10-8-17(9-11-18)22-21(24)13-7-16-6-12-19(27-3)20(14-16)28-4/h6-15,23H,5H2,1-4H3,(H,22,24)/b13-7+/t15-/m1/s1. The Morgan fingerprint density at radius 3 is 2.31 bits per heavy atom. The second-order valence-corrected chi connectivity index (χ2v) is 8.11. The number of ether oxygens (including phenoxy) is 2. The van der Waals surface area contributed by atoms with Crippen LogP contribution in [-0.4, -0.2) is 34.6 Å². The minimum atomic E-state index is -3.57. The van der Waals surface area contributed by atoms with Gasteiger partial charge in [-0.1, -0.05) is 13.0 Å². The van der Waals surface area contributed by atoms with Gasteiger partial charge in [0.05, 0.1) is 19.1 Å². The molecule has 156 valence electrons. The van der Waals surface area contributed by atoms with E-state index < -0.39 is 10.0 Å². The van der Waals surface area contributed by atoms with Crippen LogP contribution in [0.2, 0.25) is 0 Å². The number of sulfonamides is 1. The van der Waals surface area contributed by atoms with Crippen molar-refractivity contribution >= 4 is 27.7 Å². The molecule has 0 aliphatic heterocycles. The minimum absolute atomic E-state index is 0.150. The molecule has 29 heavy (non-hydrogen) atoms. The average Bonchev–Trinajstić information content (AvgIpc) is 2.72. The normalized spacial score (nSPS) is 12.6. The summed E-state index contributed by atoms with van der Waals surface area (Å²) in [6, 6.07) is 11.2. The predicted molar refractivity (Wildman–Crippen MR) is 114 cm³/mol. The number of amides is 1. The number of methoxy groups -OCH3 is 2. The van der Waals surface area contributed by atoms with E-state index in [1.54, 1.807) is 57.6 Å². The molecule has 0 heterocycles. The highest BCUT2D eigenvalue weighted by Crippen LogP contribution is 2.28. The Kier molecular flexibility index (Phi) is 7.81. The summed E-state index contributed by atoms with van der Waals surface area (Å²) >= 11 is 0. The van der Waals surface area contributed by atoms with Crippen LogP contribution in [0.4, 0.5) is 5.69 Å². The quantitative estimate of drug-likeness (QED) is 0.609. The molecule has 0 aliphatic rings. The molecule has 8 heteroatoms. The molecule has 0 fully saturated rings. The minimum Gasteiger partial charge on any atom is -0.493 e. The van der Waals surface area contributed by atoms with Gasteiger partial charge in [0.25, 0.3) is 0 Å². The van der Waals surface area contributed by atoms with E-state index in [4.69, 9.17) is 9.47 Å². The molecule has 0 saturated heterocycles. The summed E-state index contributed by atoms with van der Waals surface area (Å²) in [6.07, 6.45) is 3.72. The molecule has 0 radical (unpaired) electrons. The van der Waals surface area contributed by atoms with Crippen LogP contribution in [0.3, 0.4) is 0 Å². The van der Waals surface area contributed by atoms with E-state index in [2.05, 4.69) is 10.0 Å². The number of benzene rings is 2. The lowest BCUT2D eigenvalue weighted by Gasteiger charge is -2.12. The van der Waals surface area contributed by atoms with Gasteiger partial charge >= 0.3 is 0 Å². The van der Waals surface area contributed by atoms with Crippen molar-refractivity contribution in [2.75, 3.05) is 19.5 Å². The monoisotopic (exact) mass is 418 g/mol. The van der Waals surface area contributed by atoms with Crippen molar-refractivity contribution in [2.45, 2.75) is 31.2 Å². The third-order valence-electron chi connectivity index (χ3n) is 4.24. The predicted octanol–water partition coefficient (Wildman–Crippen LogP) is 3.43. The molecule has 1 amide bonds. The molecule has 2 aromatic rings. The zero-order valence-corrected chi connectivity index (χ0v) is 17.7. The van der Waals surface area contributed by atoms with Crippen LogP contribution < -0.4 is 19.5 Å². The number of carbonyl (C=O) groups excluding carboxylic acids is 1. The first-order valence-corrected chi connectivity index (χ1v) is 10.6. The summed E-state index contributed by atoms with van der Waals surface area (Å²) in [5.74, 6) is 0.831. The maximum atomic E-state index is 12.3. The second-order valence-electron chi connectivity index (χ2n) is 6.39. The molecular formula is C21H26N2O5S. The Hall–Kier alpha value is -2.84. The first-order valence-electron chi connectivity index (χ1n) is 9.12. The molecule has 2 aromatic carbocycles. The van der Waals surface area contributed by atoms with Gasteiger partial charge in [0, 0.05) is 17.8 Å². The Bertz CT molecular complexity index is 969. The molecule has 0 aromatic heterocycles. The number of hydrogen-bond acceptors (Lipinski definition) is 5. The van der Waals surface area contributed by atoms with E-state index in [1.807, 2.05) is 6.92 Å². The molecule has 0 spiro atoms. The lowest BCUT2D eigenvalue weighted by atomic mass is 10.2. The smallest absolute Gasteiger partial charge is 0.248 e. The van der Waals surface area contributed by atoms with Gasteiger partial charge in [-0.2, -0.15) is 0 Å². The largest absolute Gasteiger partial charge is 0.493 e. The molecule has 0 saturated carbocycles. The van der Waals surface area contributed by atoms with Crippen molar-refractivity contribution in [3.8, 4) is 11.5 Å². The number of carbonyl (C=O) groups is 1. The zero-order chi connectivity index (χ0) is 21.4. The Labute approximate surface area is 171 Å². The van der Waals surface area contributed by atoms with Crippen molar-refractivity contribution in [3.05, 3.63) is 54.1 Å². The van der Waals surface area contributed by atoms with Crippen LogP contribution in [0, 0.1) is 0 Å². The Balaban J connectivity index is 2.03. The highest BCUT2D eigenvalue weighted by Gasteiger charge is 2.16. The Morgan fingerprint density at radius 1 is 1.07 bits per heavy atom. The first-order chi connectivity index (χ1) is 13.8. The van der Waals surface area contributed by atoms with E-state index in [0.29, 0.717) is 23.6 Å². The van der Waals surface area contributed by atoms with Crippen molar-refractivity contribution in [1.82, 2.24) is 4.72 Å². The van der Waals surface area contributed by atoms with Crippen molar-refractivity contribution in [3.63, 3.8) is 0 Å². The molecule has 0 unspecified atom stereocenters. The first kappa shape index (κ1) is 22.4. The van der Waals surface area contributed by atoms with Crippen LogP contribution in [0.1, 0.15) is 25.8 Å². The highest BCUT2D eigenvalue weighted by molar-refractivity contribution is 7.89. The van der Waals surface area contributed by atoms with E-state index in [0.717, 1.165) is 5.56 Å². The number of nitrogens with one attached hydrogen (secondary N) is 2. The fraction of sp³-hybridized carbons (Fsp3) is 0.286. The van der Waals surface area contributed by atoms with Gasteiger partial charge in [-0.25, -0.2) is 13.1 Å². The maximum Gasteiger partial charge on any atom is 0.248 e. The van der Waals surface area contributed by atoms with E-state index >= 15 is 0 Å². The Morgan fingerprint density at radius 2 is 1.72 bits per heavy atom. The van der Waals surface area contributed by atoms with E-state index in [-0.39, 0.29) is 16.8 Å². The highest BCUT2D eigenvalue weighted by atomic mass is 32.2. The number of rotatable bonds is 9. The fourth-order valence-electron chi connectivity index (χ4n) is 2.45. The topological polar surface area (TPSA) is 93.7 Å². The van der Waals surface area contributed by atoms with Gasteiger partial charge in [0.2, 0.25) is 15.9 Å². The summed E-state index contributed by atoms with van der Waals surface area (Å²) in [4.78, 5) is 12.3. The lowest BCUT2D eigenvalue weighted by Crippen LogP contribution is -2.31. The molecule has 7 nitrogen and oxygen atoms in total. The van der Waals surface area contributed by atoms with E-state index in [9.17, 15) is 13.2 Å².